The maximum absolute atomic E-state index is 12.3. The molecule has 0 N–H and O–H groups in total. The number of hydrogen-bond acceptors (Lipinski definition) is 3. The molecule has 4 heteroatoms. The Hall–Kier alpha value is -2.23. The van der Waals surface area contributed by atoms with Crippen molar-refractivity contribution < 1.29 is 4.79 Å². The SMILES string of the molecule is Cc1cnc(C(=O)N2CCc3ccccc32)cn1. The fourth-order valence-corrected chi connectivity index (χ4v) is 2.19. The third-order valence-corrected chi connectivity index (χ3v) is 3.13. The maximum Gasteiger partial charge on any atom is 0.278 e. The van der Waals surface area contributed by atoms with Gasteiger partial charge in [0.1, 0.15) is 5.69 Å². The topological polar surface area (TPSA) is 46.1 Å². The van der Waals surface area contributed by atoms with Crippen molar-refractivity contribution >= 4 is 11.6 Å². The van der Waals surface area contributed by atoms with E-state index in [0.717, 1.165) is 17.8 Å². The van der Waals surface area contributed by atoms with E-state index < -0.39 is 0 Å². The predicted octanol–water partition coefficient (Wildman–Crippen LogP) is 1.99. The lowest BCUT2D eigenvalue weighted by molar-refractivity contribution is 0.0984. The van der Waals surface area contributed by atoms with Crippen LogP contribution in [0.5, 0.6) is 0 Å². The first-order valence-electron chi connectivity index (χ1n) is 5.94. The number of para-hydroxylation sites is 1. The van der Waals surface area contributed by atoms with Crippen molar-refractivity contribution in [2.24, 2.45) is 0 Å². The number of benzene rings is 1. The highest BCUT2D eigenvalue weighted by atomic mass is 16.2. The van der Waals surface area contributed by atoms with Gasteiger partial charge in [0.2, 0.25) is 0 Å². The first-order valence-corrected chi connectivity index (χ1v) is 5.94. The van der Waals surface area contributed by atoms with Crippen LogP contribution in [0.1, 0.15) is 21.7 Å². The first kappa shape index (κ1) is 10.9. The monoisotopic (exact) mass is 239 g/mol. The molecule has 18 heavy (non-hydrogen) atoms. The third-order valence-electron chi connectivity index (χ3n) is 3.13. The van der Waals surface area contributed by atoms with Crippen LogP contribution in [-0.2, 0) is 6.42 Å². The van der Waals surface area contributed by atoms with Gasteiger partial charge in [0, 0.05) is 18.4 Å². The second-order valence-corrected chi connectivity index (χ2v) is 4.38. The Morgan fingerprint density at radius 1 is 1.22 bits per heavy atom. The lowest BCUT2D eigenvalue weighted by Gasteiger charge is -2.16. The van der Waals surface area contributed by atoms with Crippen molar-refractivity contribution in [2.45, 2.75) is 13.3 Å². The summed E-state index contributed by atoms with van der Waals surface area (Å²) in [4.78, 5) is 22.4. The number of aromatic nitrogens is 2. The minimum Gasteiger partial charge on any atom is -0.306 e. The Morgan fingerprint density at radius 2 is 2.06 bits per heavy atom. The Morgan fingerprint density at radius 3 is 2.83 bits per heavy atom. The van der Waals surface area contributed by atoms with Gasteiger partial charge in [-0.15, -0.1) is 0 Å². The molecule has 1 aromatic heterocycles. The summed E-state index contributed by atoms with van der Waals surface area (Å²) < 4.78 is 0. The van der Waals surface area contributed by atoms with E-state index in [2.05, 4.69) is 16.0 Å². The van der Waals surface area contributed by atoms with Crippen LogP contribution in [0, 0.1) is 6.92 Å². The summed E-state index contributed by atoms with van der Waals surface area (Å²) in [5.74, 6) is -0.0764. The van der Waals surface area contributed by atoms with Crippen molar-refractivity contribution in [2.75, 3.05) is 11.4 Å². The van der Waals surface area contributed by atoms with Crippen LogP contribution >= 0.6 is 0 Å². The van der Waals surface area contributed by atoms with Crippen LogP contribution in [0.25, 0.3) is 0 Å². The van der Waals surface area contributed by atoms with Gasteiger partial charge in [0.05, 0.1) is 11.9 Å². The third kappa shape index (κ3) is 1.76. The molecular weight excluding hydrogens is 226 g/mol. The van der Waals surface area contributed by atoms with Gasteiger partial charge in [0.15, 0.2) is 0 Å². The summed E-state index contributed by atoms with van der Waals surface area (Å²) in [5.41, 5.74) is 3.42. The van der Waals surface area contributed by atoms with Gasteiger partial charge >= 0.3 is 0 Å². The molecule has 3 rings (SSSR count). The van der Waals surface area contributed by atoms with Gasteiger partial charge < -0.3 is 4.90 Å². The number of carbonyl (C=O) groups excluding carboxylic acids is 1. The van der Waals surface area contributed by atoms with E-state index in [1.165, 1.54) is 5.56 Å². The molecule has 0 unspecified atom stereocenters. The number of fused-ring (bicyclic) bond motifs is 1. The molecule has 1 amide bonds. The molecule has 90 valence electrons. The highest BCUT2D eigenvalue weighted by Gasteiger charge is 2.25. The molecule has 0 atom stereocenters. The molecule has 0 spiro atoms. The van der Waals surface area contributed by atoms with E-state index in [9.17, 15) is 4.79 Å². The average molecular weight is 239 g/mol. The van der Waals surface area contributed by atoms with E-state index in [1.54, 1.807) is 17.3 Å². The van der Waals surface area contributed by atoms with E-state index in [-0.39, 0.29) is 5.91 Å². The molecular formula is C14H13N3O. The van der Waals surface area contributed by atoms with E-state index >= 15 is 0 Å². The molecule has 4 nitrogen and oxygen atoms in total. The van der Waals surface area contributed by atoms with Crippen LogP contribution in [0.2, 0.25) is 0 Å². The van der Waals surface area contributed by atoms with Gasteiger partial charge in [-0.1, -0.05) is 18.2 Å². The summed E-state index contributed by atoms with van der Waals surface area (Å²) in [6.45, 7) is 2.57. The van der Waals surface area contributed by atoms with Crippen molar-refractivity contribution in [1.82, 2.24) is 9.97 Å². The van der Waals surface area contributed by atoms with Crippen LogP contribution in [0.15, 0.2) is 36.7 Å². The number of nitrogens with zero attached hydrogens (tertiary/aromatic N) is 3. The van der Waals surface area contributed by atoms with E-state index in [0.29, 0.717) is 12.2 Å². The molecule has 0 bridgehead atoms. The highest BCUT2D eigenvalue weighted by molar-refractivity contribution is 6.05. The second-order valence-electron chi connectivity index (χ2n) is 4.38. The van der Waals surface area contributed by atoms with Crippen LogP contribution in [0.3, 0.4) is 0 Å². The molecule has 1 aromatic carbocycles. The summed E-state index contributed by atoms with van der Waals surface area (Å²) in [5, 5.41) is 0. The zero-order chi connectivity index (χ0) is 12.5. The van der Waals surface area contributed by atoms with Gasteiger partial charge in [-0.25, -0.2) is 4.98 Å². The molecule has 2 aromatic rings. The second kappa shape index (κ2) is 4.22. The van der Waals surface area contributed by atoms with Crippen LogP contribution < -0.4 is 4.90 Å². The lowest BCUT2D eigenvalue weighted by Crippen LogP contribution is -2.29. The fraction of sp³-hybridized carbons (Fsp3) is 0.214. The van der Waals surface area contributed by atoms with Crippen LogP contribution in [-0.4, -0.2) is 22.4 Å². The summed E-state index contributed by atoms with van der Waals surface area (Å²) in [7, 11) is 0. The number of amides is 1. The molecule has 1 aliphatic rings. The molecule has 2 heterocycles. The van der Waals surface area contributed by atoms with Crippen molar-refractivity contribution in [3.8, 4) is 0 Å². The zero-order valence-electron chi connectivity index (χ0n) is 10.1. The number of hydrogen-bond donors (Lipinski definition) is 0. The number of carbonyl (C=O) groups is 1. The van der Waals surface area contributed by atoms with Gasteiger partial charge in [0.25, 0.3) is 5.91 Å². The zero-order valence-corrected chi connectivity index (χ0v) is 10.1. The molecule has 0 fully saturated rings. The van der Waals surface area contributed by atoms with Crippen molar-refractivity contribution in [3.05, 3.63) is 53.6 Å². The summed E-state index contributed by atoms with van der Waals surface area (Å²) in [6.07, 6.45) is 4.06. The van der Waals surface area contributed by atoms with Gasteiger partial charge in [-0.3, -0.25) is 9.78 Å². The Labute approximate surface area is 105 Å². The molecule has 1 aliphatic heterocycles. The van der Waals surface area contributed by atoms with Gasteiger partial charge in [-0.05, 0) is 25.0 Å². The molecule has 0 radical (unpaired) electrons. The fourth-order valence-electron chi connectivity index (χ4n) is 2.19. The summed E-state index contributed by atoms with van der Waals surface area (Å²) >= 11 is 0. The molecule has 0 aliphatic carbocycles. The normalized spacial score (nSPS) is 13.5. The molecule has 0 saturated carbocycles. The highest BCUT2D eigenvalue weighted by Crippen LogP contribution is 2.28. The first-order chi connectivity index (χ1) is 8.75. The van der Waals surface area contributed by atoms with E-state index in [4.69, 9.17) is 0 Å². The van der Waals surface area contributed by atoms with Crippen molar-refractivity contribution in [3.63, 3.8) is 0 Å². The smallest absolute Gasteiger partial charge is 0.278 e. The van der Waals surface area contributed by atoms with Crippen molar-refractivity contribution in [1.29, 1.82) is 0 Å². The minimum atomic E-state index is -0.0764. The van der Waals surface area contributed by atoms with E-state index in [1.807, 2.05) is 25.1 Å². The Bertz CT molecular complexity index is 592. The summed E-state index contributed by atoms with van der Waals surface area (Å²) in [6, 6.07) is 7.98. The Balaban J connectivity index is 1.93. The average Bonchev–Trinajstić information content (AvgIpc) is 2.82. The lowest BCUT2D eigenvalue weighted by atomic mass is 10.2. The minimum absolute atomic E-state index is 0.0764. The quantitative estimate of drug-likeness (QED) is 0.764. The van der Waals surface area contributed by atoms with Crippen LogP contribution in [0.4, 0.5) is 5.69 Å². The van der Waals surface area contributed by atoms with Gasteiger partial charge in [-0.2, -0.15) is 0 Å². The number of aryl methyl sites for hydroxylation is 1. The standard InChI is InChI=1S/C14H13N3O/c1-10-8-16-12(9-15-10)14(18)17-7-6-11-4-2-3-5-13(11)17/h2-5,8-9H,6-7H2,1H3. The Kier molecular flexibility index (Phi) is 2.55. The largest absolute Gasteiger partial charge is 0.306 e. The number of anilines is 1. The maximum atomic E-state index is 12.3. The predicted molar refractivity (Wildman–Crippen MR) is 68.6 cm³/mol. The molecule has 0 saturated heterocycles. The number of rotatable bonds is 1.